The van der Waals surface area contributed by atoms with Gasteiger partial charge in [-0.25, -0.2) is 0 Å². The van der Waals surface area contributed by atoms with Gasteiger partial charge in [0.25, 0.3) is 0 Å². The van der Waals surface area contributed by atoms with Crippen LogP contribution in [0.25, 0.3) is 0 Å². The zero-order chi connectivity index (χ0) is 3.58. The average molecular weight is 108 g/mol. The van der Waals surface area contributed by atoms with Crippen molar-refractivity contribution in [1.29, 1.82) is 0 Å². The molecular weight excluding hydrogens is 99.9 g/mol. The molecule has 1 N–H and O–H groups in total. The van der Waals surface area contributed by atoms with E-state index in [2.05, 4.69) is 0 Å². The number of aliphatic hydroxyl groups is 1. The van der Waals surface area contributed by atoms with Crippen molar-refractivity contribution in [3.05, 3.63) is 0 Å². The zero-order valence-corrected chi connectivity index (χ0v) is 5.09. The van der Waals surface area contributed by atoms with Gasteiger partial charge in [-0.2, -0.15) is 0 Å². The number of aliphatic hydroxyl groups excluding tert-OH is 1. The molecule has 0 bridgehead atoms. The van der Waals surface area contributed by atoms with Gasteiger partial charge in [0.1, 0.15) is 0 Å². The molecule has 0 aromatic heterocycles. The fourth-order valence-electron chi connectivity index (χ4n) is 0. The molecule has 0 aliphatic rings. The van der Waals surface area contributed by atoms with E-state index in [-0.39, 0.29) is 27.8 Å². The fraction of sp³-hybridized carbons (Fsp3) is 1.00. The number of hydrogen-bond donors (Lipinski definition) is 1. The Kier molecular flexibility index (Phi) is 8.59. The summed E-state index contributed by atoms with van der Waals surface area (Å²) in [4.78, 5) is 0. The maximum atomic E-state index is 8.06. The summed E-state index contributed by atoms with van der Waals surface area (Å²) < 4.78 is 0. The van der Waals surface area contributed by atoms with E-state index < -0.39 is 0 Å². The van der Waals surface area contributed by atoms with Crippen molar-refractivity contribution in [2.45, 2.75) is 20.0 Å². The van der Waals surface area contributed by atoms with Crippen molar-refractivity contribution in [3.63, 3.8) is 0 Å². The first-order chi connectivity index (χ1) is 1.73. The average Bonchev–Trinajstić information content (AvgIpc) is 0.811. The van der Waals surface area contributed by atoms with Crippen LogP contribution in [0.4, 0.5) is 0 Å². The number of hydrogen-bond acceptors (Lipinski definition) is 1. The molecule has 5 heavy (non-hydrogen) atoms. The Bertz CT molecular complexity index is 11.6. The van der Waals surface area contributed by atoms with Crippen LogP contribution in [0.2, 0.25) is 0 Å². The Hall–Kier alpha value is 0.674. The first-order valence-corrected chi connectivity index (χ1v) is 1.41. The molecule has 0 spiro atoms. The molecule has 0 aromatic rings. The van der Waals surface area contributed by atoms with Gasteiger partial charge < -0.3 is 5.11 Å². The molecule has 0 saturated heterocycles. The van der Waals surface area contributed by atoms with Gasteiger partial charge in [-0.3, -0.25) is 0 Å². The summed E-state index contributed by atoms with van der Waals surface area (Å²) in [5.74, 6) is 0. The largest absolute Gasteiger partial charge is 3.00 e. The summed E-state index contributed by atoms with van der Waals surface area (Å²) >= 11 is 0. The second kappa shape index (κ2) is 4.67. The van der Waals surface area contributed by atoms with Crippen molar-refractivity contribution in [2.24, 2.45) is 0 Å². The summed E-state index contributed by atoms with van der Waals surface area (Å²) in [5, 5.41) is 8.06. The second-order valence-electron chi connectivity index (χ2n) is 1.09. The van der Waals surface area contributed by atoms with Crippen LogP contribution in [0, 0.1) is 0 Å². The topological polar surface area (TPSA) is 20.2 Å². The van der Waals surface area contributed by atoms with Crippen molar-refractivity contribution in [1.82, 2.24) is 0 Å². The summed E-state index contributed by atoms with van der Waals surface area (Å²) in [6.07, 6.45) is -0.167. The summed E-state index contributed by atoms with van der Waals surface area (Å²) in [6, 6.07) is 0. The van der Waals surface area contributed by atoms with Crippen molar-refractivity contribution >= 4 is 0 Å². The minimum atomic E-state index is -0.167. The van der Waals surface area contributed by atoms with Crippen LogP contribution in [0.3, 0.4) is 0 Å². The van der Waals surface area contributed by atoms with Gasteiger partial charge in [-0.15, -0.1) is 0 Å². The predicted octanol–water partition coefficient (Wildman–Crippen LogP) is 0.385. The Morgan fingerprint density at radius 2 is 1.40 bits per heavy atom. The summed E-state index contributed by atoms with van der Waals surface area (Å²) in [6.45, 7) is 3.44. The van der Waals surface area contributed by atoms with Gasteiger partial charge in [0.05, 0.1) is 0 Å². The van der Waals surface area contributed by atoms with Crippen LogP contribution >= 0.6 is 0 Å². The van der Waals surface area contributed by atoms with Gasteiger partial charge in [0, 0.05) is 6.10 Å². The van der Waals surface area contributed by atoms with Crippen LogP contribution in [0.15, 0.2) is 0 Å². The minimum absolute atomic E-state index is 0. The van der Waals surface area contributed by atoms with Crippen LogP contribution in [-0.4, -0.2) is 11.2 Å². The normalized spacial score (nSPS) is 7.20. The van der Waals surface area contributed by atoms with Crippen LogP contribution in [0.5, 0.6) is 0 Å². The van der Waals surface area contributed by atoms with Gasteiger partial charge >= 0.3 is 21.7 Å². The van der Waals surface area contributed by atoms with E-state index in [9.17, 15) is 0 Å². The molecule has 0 fully saturated rings. The first kappa shape index (κ1) is 9.18. The van der Waals surface area contributed by atoms with Crippen molar-refractivity contribution < 1.29 is 26.8 Å². The molecule has 2 heteroatoms. The molecule has 0 aliphatic heterocycles. The molecule has 0 heterocycles. The van der Waals surface area contributed by atoms with E-state index >= 15 is 0 Å². The first-order valence-electron chi connectivity index (χ1n) is 1.41. The van der Waals surface area contributed by atoms with Crippen LogP contribution in [-0.2, 0) is 21.7 Å². The van der Waals surface area contributed by atoms with E-state index in [0.717, 1.165) is 0 Å². The molecular formula is C3H8OTi+3. The van der Waals surface area contributed by atoms with Gasteiger partial charge in [0.2, 0.25) is 0 Å². The third-order valence-electron chi connectivity index (χ3n) is 0. The van der Waals surface area contributed by atoms with Crippen LogP contribution in [0.1, 0.15) is 13.8 Å². The molecule has 0 rings (SSSR count). The Morgan fingerprint density at radius 3 is 1.40 bits per heavy atom. The summed E-state index contributed by atoms with van der Waals surface area (Å²) in [5.41, 5.74) is 0. The monoisotopic (exact) mass is 108 g/mol. The second-order valence-corrected chi connectivity index (χ2v) is 1.09. The Morgan fingerprint density at radius 1 is 1.40 bits per heavy atom. The molecule has 0 unspecified atom stereocenters. The Labute approximate surface area is 47.3 Å². The maximum Gasteiger partial charge on any atom is 3.00 e. The predicted molar refractivity (Wildman–Crippen MR) is 17.4 cm³/mol. The van der Waals surface area contributed by atoms with E-state index in [4.69, 9.17) is 5.11 Å². The molecule has 1 radical (unpaired) electrons. The van der Waals surface area contributed by atoms with E-state index in [0.29, 0.717) is 0 Å². The smallest absolute Gasteiger partial charge is 0.394 e. The molecule has 0 saturated carbocycles. The zero-order valence-electron chi connectivity index (χ0n) is 3.52. The van der Waals surface area contributed by atoms with E-state index in [1.54, 1.807) is 13.8 Å². The van der Waals surface area contributed by atoms with Gasteiger partial charge in [-0.1, -0.05) is 0 Å². The Balaban J connectivity index is 0. The molecule has 27 valence electrons. The molecule has 0 atom stereocenters. The van der Waals surface area contributed by atoms with Crippen LogP contribution < -0.4 is 0 Å². The van der Waals surface area contributed by atoms with E-state index in [1.165, 1.54) is 0 Å². The minimum Gasteiger partial charge on any atom is -0.394 e. The summed E-state index contributed by atoms with van der Waals surface area (Å²) in [7, 11) is 0. The molecule has 0 aliphatic carbocycles. The number of rotatable bonds is 0. The molecule has 0 aromatic carbocycles. The molecule has 1 nitrogen and oxygen atoms in total. The van der Waals surface area contributed by atoms with Crippen molar-refractivity contribution in [2.75, 3.05) is 0 Å². The third-order valence-corrected chi connectivity index (χ3v) is 0. The SMILES string of the molecule is CC(C)O.[Ti+3]. The molecule has 0 amide bonds. The quantitative estimate of drug-likeness (QED) is 0.445. The standard InChI is InChI=1S/C3H8O.Ti/c1-3(2)4;/h3-4H,1-2H3;/q;+3. The third kappa shape index (κ3) is 73.5. The van der Waals surface area contributed by atoms with Crippen molar-refractivity contribution in [3.8, 4) is 0 Å². The van der Waals surface area contributed by atoms with E-state index in [1.807, 2.05) is 0 Å². The van der Waals surface area contributed by atoms with Gasteiger partial charge in [0.15, 0.2) is 0 Å². The fourth-order valence-corrected chi connectivity index (χ4v) is 0. The maximum absolute atomic E-state index is 8.06. The van der Waals surface area contributed by atoms with Gasteiger partial charge in [-0.05, 0) is 13.8 Å².